The quantitative estimate of drug-likeness (QED) is 0.874. The second-order valence-corrected chi connectivity index (χ2v) is 6.42. The normalized spacial score (nSPS) is 26.6. The van der Waals surface area contributed by atoms with E-state index in [0.29, 0.717) is 30.7 Å². The minimum Gasteiger partial charge on any atom is -0.317 e. The molecule has 0 aliphatic heterocycles. The van der Waals surface area contributed by atoms with Crippen molar-refractivity contribution >= 4 is 0 Å². The molecule has 0 bridgehead atoms. The summed E-state index contributed by atoms with van der Waals surface area (Å²) in [6, 6.07) is 8.98. The molecule has 3 rings (SSSR count). The van der Waals surface area contributed by atoms with E-state index in [9.17, 15) is 8.78 Å². The predicted molar refractivity (Wildman–Crippen MR) is 77.3 cm³/mol. The van der Waals surface area contributed by atoms with Crippen LogP contribution < -0.4 is 5.32 Å². The van der Waals surface area contributed by atoms with Crippen LogP contribution in [-0.2, 0) is 6.42 Å². The van der Waals surface area contributed by atoms with E-state index in [4.69, 9.17) is 0 Å². The largest absolute Gasteiger partial charge is 0.317 e. The second-order valence-electron chi connectivity index (χ2n) is 6.42. The lowest BCUT2D eigenvalue weighted by Gasteiger charge is -2.38. The molecule has 2 aliphatic rings. The molecule has 1 N–H and O–H groups in total. The van der Waals surface area contributed by atoms with Crippen LogP contribution in [0.5, 0.6) is 0 Å². The first-order valence-electron chi connectivity index (χ1n) is 7.72. The van der Waals surface area contributed by atoms with Crippen molar-refractivity contribution in [3.8, 4) is 0 Å². The number of hydrogen-bond donors (Lipinski definition) is 1. The fourth-order valence-electron chi connectivity index (χ4n) is 3.89. The molecule has 2 unspecified atom stereocenters. The minimum atomic E-state index is -2.42. The van der Waals surface area contributed by atoms with E-state index >= 15 is 0 Å². The molecule has 20 heavy (non-hydrogen) atoms. The van der Waals surface area contributed by atoms with Gasteiger partial charge >= 0.3 is 0 Å². The van der Waals surface area contributed by atoms with Gasteiger partial charge in [-0.3, -0.25) is 0 Å². The van der Waals surface area contributed by atoms with E-state index in [1.807, 2.05) is 7.05 Å². The van der Waals surface area contributed by atoms with Gasteiger partial charge in [0.1, 0.15) is 0 Å². The van der Waals surface area contributed by atoms with Crippen LogP contribution in [0.4, 0.5) is 8.78 Å². The molecule has 1 saturated carbocycles. The molecular formula is C17H23F2N. The SMILES string of the molecule is CNC(CC1Cc2ccccc21)C1CCC(F)(F)CC1. The lowest BCUT2D eigenvalue weighted by Crippen LogP contribution is -2.40. The van der Waals surface area contributed by atoms with Gasteiger partial charge in [-0.2, -0.15) is 0 Å². The molecule has 1 aromatic carbocycles. The van der Waals surface area contributed by atoms with E-state index in [0.717, 1.165) is 12.8 Å². The summed E-state index contributed by atoms with van der Waals surface area (Å²) in [6.07, 6.45) is 3.69. The van der Waals surface area contributed by atoms with E-state index in [2.05, 4.69) is 29.6 Å². The van der Waals surface area contributed by atoms with Crippen LogP contribution in [0.2, 0.25) is 0 Å². The van der Waals surface area contributed by atoms with Gasteiger partial charge in [0.05, 0.1) is 0 Å². The topological polar surface area (TPSA) is 12.0 Å². The summed E-state index contributed by atoms with van der Waals surface area (Å²) >= 11 is 0. The zero-order chi connectivity index (χ0) is 14.2. The van der Waals surface area contributed by atoms with E-state index in [1.165, 1.54) is 11.1 Å². The Hall–Kier alpha value is -0.960. The average Bonchev–Trinajstić information content (AvgIpc) is 2.41. The summed E-state index contributed by atoms with van der Waals surface area (Å²) in [5.74, 6) is -1.39. The van der Waals surface area contributed by atoms with Crippen molar-refractivity contribution < 1.29 is 8.78 Å². The lowest BCUT2D eigenvalue weighted by atomic mass is 9.71. The van der Waals surface area contributed by atoms with Gasteiger partial charge in [-0.15, -0.1) is 0 Å². The number of benzene rings is 1. The minimum absolute atomic E-state index is 0.0666. The van der Waals surface area contributed by atoms with Gasteiger partial charge in [-0.25, -0.2) is 8.78 Å². The molecular weight excluding hydrogens is 256 g/mol. The fourth-order valence-corrected chi connectivity index (χ4v) is 3.89. The van der Waals surface area contributed by atoms with Crippen LogP contribution in [0, 0.1) is 5.92 Å². The molecule has 0 radical (unpaired) electrons. The summed E-state index contributed by atoms with van der Waals surface area (Å²) in [5.41, 5.74) is 2.93. The van der Waals surface area contributed by atoms with E-state index in [1.54, 1.807) is 0 Å². The first kappa shape index (κ1) is 14.0. The van der Waals surface area contributed by atoms with Crippen molar-refractivity contribution in [1.29, 1.82) is 0 Å². The third-order valence-electron chi connectivity index (χ3n) is 5.20. The van der Waals surface area contributed by atoms with Gasteiger partial charge in [0.2, 0.25) is 5.92 Å². The van der Waals surface area contributed by atoms with Crippen molar-refractivity contribution in [2.75, 3.05) is 7.05 Å². The average molecular weight is 279 g/mol. The number of alkyl halides is 2. The van der Waals surface area contributed by atoms with Crippen LogP contribution in [0.25, 0.3) is 0 Å². The molecule has 0 spiro atoms. The molecule has 110 valence electrons. The van der Waals surface area contributed by atoms with Crippen molar-refractivity contribution in [2.45, 2.75) is 56.4 Å². The Morgan fingerprint density at radius 3 is 2.60 bits per heavy atom. The molecule has 1 nitrogen and oxygen atoms in total. The maximum absolute atomic E-state index is 13.3. The molecule has 2 aliphatic carbocycles. The summed E-state index contributed by atoms with van der Waals surface area (Å²) in [7, 11) is 1.97. The maximum atomic E-state index is 13.3. The first-order chi connectivity index (χ1) is 9.59. The van der Waals surface area contributed by atoms with Crippen LogP contribution in [0.1, 0.15) is 49.1 Å². The molecule has 0 amide bonds. The number of halogens is 2. The smallest absolute Gasteiger partial charge is 0.248 e. The van der Waals surface area contributed by atoms with Crippen LogP contribution in [0.15, 0.2) is 24.3 Å². The Labute approximate surface area is 119 Å². The number of nitrogens with one attached hydrogen (secondary N) is 1. The number of fused-ring (bicyclic) bond motifs is 1. The van der Waals surface area contributed by atoms with Crippen LogP contribution in [0.3, 0.4) is 0 Å². The van der Waals surface area contributed by atoms with Crippen molar-refractivity contribution in [3.05, 3.63) is 35.4 Å². The maximum Gasteiger partial charge on any atom is 0.248 e. The Balaban J connectivity index is 1.59. The second kappa shape index (κ2) is 5.44. The van der Waals surface area contributed by atoms with Crippen molar-refractivity contribution in [2.24, 2.45) is 5.92 Å². The zero-order valence-electron chi connectivity index (χ0n) is 12.0. The molecule has 0 aromatic heterocycles. The van der Waals surface area contributed by atoms with E-state index in [-0.39, 0.29) is 12.8 Å². The zero-order valence-corrected chi connectivity index (χ0v) is 12.0. The van der Waals surface area contributed by atoms with Gasteiger partial charge in [-0.1, -0.05) is 24.3 Å². The summed E-state index contributed by atoms with van der Waals surface area (Å²) in [6.45, 7) is 0. The fraction of sp³-hybridized carbons (Fsp3) is 0.647. The Morgan fingerprint density at radius 1 is 1.25 bits per heavy atom. The standard InChI is InChI=1S/C17H23F2N/c1-20-16(12-6-8-17(18,19)9-7-12)11-14-10-13-4-2-3-5-15(13)14/h2-5,12,14,16,20H,6-11H2,1H3. The molecule has 0 heterocycles. The van der Waals surface area contributed by atoms with Crippen molar-refractivity contribution in [3.63, 3.8) is 0 Å². The van der Waals surface area contributed by atoms with Crippen LogP contribution >= 0.6 is 0 Å². The van der Waals surface area contributed by atoms with Crippen molar-refractivity contribution in [1.82, 2.24) is 5.32 Å². The summed E-state index contributed by atoms with van der Waals surface area (Å²) < 4.78 is 26.5. The molecule has 2 atom stereocenters. The molecule has 1 fully saturated rings. The Bertz CT molecular complexity index is 462. The summed E-state index contributed by atoms with van der Waals surface area (Å²) in [4.78, 5) is 0. The Morgan fingerprint density at radius 2 is 1.95 bits per heavy atom. The third kappa shape index (κ3) is 2.73. The number of rotatable bonds is 4. The number of hydrogen-bond acceptors (Lipinski definition) is 1. The molecule has 3 heteroatoms. The molecule has 0 saturated heterocycles. The van der Waals surface area contributed by atoms with Gasteiger partial charge in [0.15, 0.2) is 0 Å². The highest BCUT2D eigenvalue weighted by Gasteiger charge is 2.38. The third-order valence-corrected chi connectivity index (χ3v) is 5.20. The summed E-state index contributed by atoms with van der Waals surface area (Å²) in [5, 5.41) is 3.38. The van der Waals surface area contributed by atoms with Gasteiger partial charge in [-0.05, 0) is 55.7 Å². The van der Waals surface area contributed by atoms with Crippen LogP contribution in [-0.4, -0.2) is 19.0 Å². The highest BCUT2D eigenvalue weighted by atomic mass is 19.3. The monoisotopic (exact) mass is 279 g/mol. The lowest BCUT2D eigenvalue weighted by molar-refractivity contribution is -0.0498. The Kier molecular flexibility index (Phi) is 3.80. The van der Waals surface area contributed by atoms with Gasteiger partial charge < -0.3 is 5.32 Å². The van der Waals surface area contributed by atoms with Gasteiger partial charge in [0.25, 0.3) is 0 Å². The highest BCUT2D eigenvalue weighted by molar-refractivity contribution is 5.39. The first-order valence-corrected chi connectivity index (χ1v) is 7.72. The predicted octanol–water partition coefficient (Wildman–Crippen LogP) is 4.13. The van der Waals surface area contributed by atoms with E-state index < -0.39 is 5.92 Å². The van der Waals surface area contributed by atoms with Gasteiger partial charge in [0, 0.05) is 18.9 Å². The molecule has 1 aromatic rings. The highest BCUT2D eigenvalue weighted by Crippen LogP contribution is 2.42.